The van der Waals surface area contributed by atoms with E-state index >= 15 is 0 Å². The fourth-order valence-electron chi connectivity index (χ4n) is 1.72. The molecular weight excluding hydrogens is 238 g/mol. The van der Waals surface area contributed by atoms with Crippen molar-refractivity contribution in [1.29, 1.82) is 0 Å². The predicted octanol–water partition coefficient (Wildman–Crippen LogP) is 1.40. The van der Waals surface area contributed by atoms with Crippen LogP contribution in [0, 0.1) is 5.41 Å². The fraction of sp³-hybridized carbons (Fsp3) is 0.583. The maximum Gasteiger partial charge on any atom is 0.261 e. The minimum Gasteiger partial charge on any atom is -0.396 e. The number of rotatable bonds is 6. The summed E-state index contributed by atoms with van der Waals surface area (Å²) >= 11 is 1.42. The van der Waals surface area contributed by atoms with Crippen LogP contribution in [-0.4, -0.2) is 31.3 Å². The average Bonchev–Trinajstić information content (AvgIpc) is 2.98. The Kier molecular flexibility index (Phi) is 3.81. The molecule has 1 aliphatic carbocycles. The van der Waals surface area contributed by atoms with Crippen molar-refractivity contribution < 1.29 is 14.6 Å². The van der Waals surface area contributed by atoms with Crippen molar-refractivity contribution in [2.24, 2.45) is 5.41 Å². The van der Waals surface area contributed by atoms with Crippen LogP contribution in [0.4, 0.5) is 0 Å². The minimum atomic E-state index is -0.0632. The summed E-state index contributed by atoms with van der Waals surface area (Å²) in [5.41, 5.74) is 0.873. The molecule has 2 rings (SSSR count). The van der Waals surface area contributed by atoms with Crippen molar-refractivity contribution >= 4 is 17.2 Å². The van der Waals surface area contributed by atoms with Gasteiger partial charge in [-0.25, -0.2) is 0 Å². The molecule has 5 heteroatoms. The van der Waals surface area contributed by atoms with E-state index in [9.17, 15) is 9.90 Å². The number of nitrogens with one attached hydrogen (secondary N) is 1. The third kappa shape index (κ3) is 2.86. The van der Waals surface area contributed by atoms with Gasteiger partial charge in [0.25, 0.3) is 5.91 Å². The van der Waals surface area contributed by atoms with Gasteiger partial charge >= 0.3 is 0 Å². The summed E-state index contributed by atoms with van der Waals surface area (Å²) in [6, 6.07) is 1.90. The quantitative estimate of drug-likeness (QED) is 0.807. The zero-order valence-electron chi connectivity index (χ0n) is 9.86. The van der Waals surface area contributed by atoms with Gasteiger partial charge in [0.1, 0.15) is 0 Å². The third-order valence-electron chi connectivity index (χ3n) is 3.17. The van der Waals surface area contributed by atoms with Crippen LogP contribution in [-0.2, 0) is 11.3 Å². The van der Waals surface area contributed by atoms with Gasteiger partial charge < -0.3 is 15.2 Å². The SMILES string of the molecule is COCc1ccsc1C(=O)NCC1(CO)CC1. The maximum absolute atomic E-state index is 12.0. The van der Waals surface area contributed by atoms with Gasteiger partial charge in [-0.2, -0.15) is 0 Å². The lowest BCUT2D eigenvalue weighted by Gasteiger charge is -2.12. The number of ether oxygens (including phenoxy) is 1. The Morgan fingerprint density at radius 3 is 3.00 bits per heavy atom. The fourth-order valence-corrected chi connectivity index (χ4v) is 2.55. The second-order valence-electron chi connectivity index (χ2n) is 4.55. The molecule has 0 atom stereocenters. The smallest absolute Gasteiger partial charge is 0.261 e. The Labute approximate surface area is 105 Å². The topological polar surface area (TPSA) is 58.6 Å². The molecule has 1 heterocycles. The molecule has 1 saturated carbocycles. The van der Waals surface area contributed by atoms with Crippen LogP contribution >= 0.6 is 11.3 Å². The molecule has 1 aliphatic rings. The van der Waals surface area contributed by atoms with Crippen LogP contribution in [0.2, 0.25) is 0 Å². The number of hydrogen-bond donors (Lipinski definition) is 2. The Balaban J connectivity index is 1.92. The number of methoxy groups -OCH3 is 1. The van der Waals surface area contributed by atoms with E-state index in [-0.39, 0.29) is 17.9 Å². The van der Waals surface area contributed by atoms with Gasteiger partial charge in [0.15, 0.2) is 0 Å². The van der Waals surface area contributed by atoms with E-state index in [0.717, 1.165) is 18.4 Å². The summed E-state index contributed by atoms with van der Waals surface area (Å²) in [5, 5.41) is 14.0. The first kappa shape index (κ1) is 12.5. The summed E-state index contributed by atoms with van der Waals surface area (Å²) in [4.78, 5) is 12.7. The van der Waals surface area contributed by atoms with E-state index in [4.69, 9.17) is 4.74 Å². The lowest BCUT2D eigenvalue weighted by Crippen LogP contribution is -2.31. The largest absolute Gasteiger partial charge is 0.396 e. The molecule has 0 unspecified atom stereocenters. The van der Waals surface area contributed by atoms with Crippen LogP contribution in [0.1, 0.15) is 28.1 Å². The first-order chi connectivity index (χ1) is 8.21. The second kappa shape index (κ2) is 5.16. The molecule has 4 nitrogen and oxygen atoms in total. The summed E-state index contributed by atoms with van der Waals surface area (Å²) < 4.78 is 5.04. The molecule has 1 aromatic heterocycles. The summed E-state index contributed by atoms with van der Waals surface area (Å²) in [5.74, 6) is -0.0632. The van der Waals surface area contributed by atoms with Gasteiger partial charge in [0.05, 0.1) is 18.1 Å². The number of aliphatic hydroxyl groups is 1. The van der Waals surface area contributed by atoms with Crippen molar-refractivity contribution in [3.8, 4) is 0 Å². The molecular formula is C12H17NO3S. The molecule has 17 heavy (non-hydrogen) atoms. The Bertz CT molecular complexity index is 398. The van der Waals surface area contributed by atoms with E-state index in [1.54, 1.807) is 7.11 Å². The number of amides is 1. The van der Waals surface area contributed by atoms with Gasteiger partial charge in [-0.05, 0) is 24.3 Å². The molecule has 94 valence electrons. The molecule has 1 fully saturated rings. The van der Waals surface area contributed by atoms with Crippen molar-refractivity contribution in [3.05, 3.63) is 21.9 Å². The maximum atomic E-state index is 12.0. The molecule has 1 amide bonds. The molecule has 0 bridgehead atoms. The Hall–Kier alpha value is -0.910. The molecule has 2 N–H and O–H groups in total. The molecule has 0 aliphatic heterocycles. The zero-order chi connectivity index (χ0) is 12.3. The van der Waals surface area contributed by atoms with Gasteiger partial charge in [0.2, 0.25) is 0 Å². The molecule has 0 aromatic carbocycles. The highest BCUT2D eigenvalue weighted by Gasteiger charge is 2.42. The zero-order valence-corrected chi connectivity index (χ0v) is 10.7. The molecule has 0 saturated heterocycles. The van der Waals surface area contributed by atoms with Gasteiger partial charge in [-0.3, -0.25) is 4.79 Å². The molecule has 1 aromatic rings. The lowest BCUT2D eigenvalue weighted by molar-refractivity contribution is 0.0935. The lowest BCUT2D eigenvalue weighted by atomic mass is 10.1. The summed E-state index contributed by atoms with van der Waals surface area (Å²) in [7, 11) is 1.62. The van der Waals surface area contributed by atoms with E-state index in [1.807, 2.05) is 11.4 Å². The normalized spacial score (nSPS) is 16.8. The first-order valence-corrected chi connectivity index (χ1v) is 6.53. The summed E-state index contributed by atoms with van der Waals surface area (Å²) in [6.45, 7) is 1.17. The third-order valence-corrected chi connectivity index (χ3v) is 4.12. The monoisotopic (exact) mass is 255 g/mol. The second-order valence-corrected chi connectivity index (χ2v) is 5.46. The van der Waals surface area contributed by atoms with E-state index in [0.29, 0.717) is 18.0 Å². The van der Waals surface area contributed by atoms with Gasteiger partial charge in [-0.1, -0.05) is 0 Å². The number of aliphatic hydroxyl groups excluding tert-OH is 1. The van der Waals surface area contributed by atoms with Crippen molar-refractivity contribution in [2.75, 3.05) is 20.3 Å². The first-order valence-electron chi connectivity index (χ1n) is 5.65. The number of carbonyl (C=O) groups is 1. The van der Waals surface area contributed by atoms with Crippen molar-refractivity contribution in [3.63, 3.8) is 0 Å². The van der Waals surface area contributed by atoms with Crippen LogP contribution in [0.3, 0.4) is 0 Å². The highest BCUT2D eigenvalue weighted by molar-refractivity contribution is 7.12. The van der Waals surface area contributed by atoms with E-state index in [1.165, 1.54) is 11.3 Å². The number of thiophene rings is 1. The van der Waals surface area contributed by atoms with Crippen LogP contribution in [0.5, 0.6) is 0 Å². The number of carbonyl (C=O) groups excluding carboxylic acids is 1. The van der Waals surface area contributed by atoms with Gasteiger partial charge in [-0.15, -0.1) is 11.3 Å². The molecule has 0 radical (unpaired) electrons. The van der Waals surface area contributed by atoms with Crippen molar-refractivity contribution in [2.45, 2.75) is 19.4 Å². The Morgan fingerprint density at radius 1 is 1.65 bits per heavy atom. The highest BCUT2D eigenvalue weighted by Crippen LogP contribution is 2.44. The van der Waals surface area contributed by atoms with Crippen molar-refractivity contribution in [1.82, 2.24) is 5.32 Å². The van der Waals surface area contributed by atoms with E-state index < -0.39 is 0 Å². The predicted molar refractivity (Wildman–Crippen MR) is 66.1 cm³/mol. The minimum absolute atomic E-state index is 0.0473. The summed E-state index contributed by atoms with van der Waals surface area (Å²) in [6.07, 6.45) is 2.00. The van der Waals surface area contributed by atoms with Crippen LogP contribution in [0.25, 0.3) is 0 Å². The average molecular weight is 255 g/mol. The van der Waals surface area contributed by atoms with Gasteiger partial charge in [0, 0.05) is 24.6 Å². The highest BCUT2D eigenvalue weighted by atomic mass is 32.1. The standard InChI is InChI=1S/C12H17NO3S/c1-16-6-9-2-5-17-10(9)11(15)13-7-12(8-14)3-4-12/h2,5,14H,3-4,6-8H2,1H3,(H,13,15). The molecule has 0 spiro atoms. The van der Waals surface area contributed by atoms with Crippen LogP contribution in [0.15, 0.2) is 11.4 Å². The number of hydrogen-bond acceptors (Lipinski definition) is 4. The Morgan fingerprint density at radius 2 is 2.41 bits per heavy atom. The van der Waals surface area contributed by atoms with Crippen LogP contribution < -0.4 is 5.32 Å². The van der Waals surface area contributed by atoms with E-state index in [2.05, 4.69) is 5.32 Å².